The summed E-state index contributed by atoms with van der Waals surface area (Å²) in [5.74, 6) is 1.41. The zero-order valence-corrected chi connectivity index (χ0v) is 17.6. The minimum atomic E-state index is -0.463. The monoisotopic (exact) mass is 422 g/mol. The van der Waals surface area contributed by atoms with Gasteiger partial charge < -0.3 is 19.7 Å². The molecule has 0 saturated carbocycles. The number of aromatic nitrogens is 2. The Balaban J connectivity index is 1.65. The third-order valence-electron chi connectivity index (χ3n) is 6.06. The van der Waals surface area contributed by atoms with E-state index in [-0.39, 0.29) is 11.3 Å². The van der Waals surface area contributed by atoms with Crippen molar-refractivity contribution in [2.75, 3.05) is 43.1 Å². The molecule has 0 amide bonds. The van der Waals surface area contributed by atoms with Crippen LogP contribution in [0.25, 0.3) is 0 Å². The van der Waals surface area contributed by atoms with E-state index < -0.39 is 5.92 Å². The lowest BCUT2D eigenvalue weighted by atomic mass is 9.76. The van der Waals surface area contributed by atoms with Crippen molar-refractivity contribution in [1.82, 2.24) is 9.97 Å². The van der Waals surface area contributed by atoms with Crippen molar-refractivity contribution < 1.29 is 14.3 Å². The first-order valence-electron chi connectivity index (χ1n) is 10.9. The third-order valence-corrected chi connectivity index (χ3v) is 6.06. The molecule has 2 aliphatic heterocycles. The van der Waals surface area contributed by atoms with Crippen LogP contribution in [0, 0.1) is 0 Å². The van der Waals surface area contributed by atoms with Gasteiger partial charge in [-0.3, -0.25) is 14.6 Å². The number of benzene rings is 1. The minimum Gasteiger partial charge on any atom is -0.494 e. The van der Waals surface area contributed by atoms with Crippen molar-refractivity contribution >= 4 is 17.5 Å². The molecular weight excluding hydrogens is 396 g/mol. The summed E-state index contributed by atoms with van der Waals surface area (Å²) < 4.78 is 11.1. The number of carbonyl (C=O) groups excluding carboxylic acids is 1. The van der Waals surface area contributed by atoms with Crippen molar-refractivity contribution in [2.45, 2.75) is 32.1 Å². The number of allylic oxidation sites excluding steroid dienone is 2. The Morgan fingerprint density at radius 3 is 2.87 bits per heavy atom. The van der Waals surface area contributed by atoms with Crippen molar-refractivity contribution in [1.29, 1.82) is 0 Å². The maximum absolute atomic E-state index is 13.3. The van der Waals surface area contributed by atoms with Crippen LogP contribution in [0.4, 0.5) is 11.8 Å². The number of fused-ring (bicyclic) bond motifs is 1. The average molecular weight is 422 g/mol. The number of nitrogens with zero attached hydrogens (tertiary/aromatic N) is 2. The molecule has 2 N–H and O–H groups in total. The number of ketones is 1. The standard InChI is InChI=1S/C23H26N4O4/c1-2-31-15-6-3-5-14(13-15)18-19-16(7-4-8-17(19)28)24-21-20(18)22(29)26-23(25-21)27-9-11-30-12-10-27/h3,5-6,13,18H,2,4,7-12H2,1H3,(H2,24,25,26,29). The van der Waals surface area contributed by atoms with Gasteiger partial charge in [-0.05, 0) is 37.5 Å². The molecule has 0 spiro atoms. The molecule has 5 rings (SSSR count). The number of rotatable bonds is 4. The van der Waals surface area contributed by atoms with Crippen LogP contribution in [0.2, 0.25) is 0 Å². The SMILES string of the molecule is CCOc1cccc(C2C3=C(CCCC3=O)Nc3nc(N4CCOCC4)[nH]c(=O)c32)c1. The predicted octanol–water partition coefficient (Wildman–Crippen LogP) is 2.57. The number of Topliss-reactive ketones (excluding diaryl/α,β-unsaturated/α-hetero) is 1. The van der Waals surface area contributed by atoms with Gasteiger partial charge in [0.1, 0.15) is 11.6 Å². The Bertz CT molecular complexity index is 1100. The summed E-state index contributed by atoms with van der Waals surface area (Å²) in [6.45, 7) is 5.03. The highest BCUT2D eigenvalue weighted by Crippen LogP contribution is 2.44. The second-order valence-electron chi connectivity index (χ2n) is 7.98. The molecule has 1 aliphatic carbocycles. The lowest BCUT2D eigenvalue weighted by Crippen LogP contribution is -2.40. The second-order valence-corrected chi connectivity index (χ2v) is 7.98. The molecule has 162 valence electrons. The summed E-state index contributed by atoms with van der Waals surface area (Å²) in [4.78, 5) is 36.1. The molecular formula is C23H26N4O4. The molecule has 0 radical (unpaired) electrons. The highest BCUT2D eigenvalue weighted by molar-refractivity contribution is 6.00. The quantitative estimate of drug-likeness (QED) is 0.782. The fraction of sp³-hybridized carbons (Fsp3) is 0.435. The lowest BCUT2D eigenvalue weighted by Gasteiger charge is -2.34. The number of morpholine rings is 1. The normalized spacial score (nSPS) is 20.7. The van der Waals surface area contributed by atoms with E-state index in [1.54, 1.807) is 0 Å². The molecule has 0 bridgehead atoms. The zero-order chi connectivity index (χ0) is 21.4. The maximum atomic E-state index is 13.3. The first-order chi connectivity index (χ1) is 15.2. The van der Waals surface area contributed by atoms with Gasteiger partial charge in [-0.15, -0.1) is 0 Å². The van der Waals surface area contributed by atoms with Crippen LogP contribution in [0.5, 0.6) is 5.75 Å². The van der Waals surface area contributed by atoms with E-state index in [1.165, 1.54) is 0 Å². The second kappa shape index (κ2) is 8.19. The highest BCUT2D eigenvalue weighted by atomic mass is 16.5. The van der Waals surface area contributed by atoms with E-state index in [2.05, 4.69) is 10.3 Å². The number of H-pyrrole nitrogens is 1. The number of nitrogens with one attached hydrogen (secondary N) is 2. The minimum absolute atomic E-state index is 0.0860. The van der Waals surface area contributed by atoms with Crippen LogP contribution < -0.4 is 20.5 Å². The third kappa shape index (κ3) is 3.61. The Morgan fingerprint density at radius 2 is 2.06 bits per heavy atom. The fourth-order valence-electron chi connectivity index (χ4n) is 4.66. The summed E-state index contributed by atoms with van der Waals surface area (Å²) in [5, 5.41) is 3.33. The number of ether oxygens (including phenoxy) is 2. The Hall–Kier alpha value is -3.13. The topological polar surface area (TPSA) is 96.5 Å². The largest absolute Gasteiger partial charge is 0.494 e. The molecule has 3 aliphatic rings. The fourth-order valence-corrected chi connectivity index (χ4v) is 4.66. The van der Waals surface area contributed by atoms with E-state index in [1.807, 2.05) is 36.1 Å². The average Bonchev–Trinajstić information content (AvgIpc) is 2.79. The van der Waals surface area contributed by atoms with E-state index in [4.69, 9.17) is 14.5 Å². The van der Waals surface area contributed by atoms with E-state index in [9.17, 15) is 9.59 Å². The molecule has 8 heteroatoms. The van der Waals surface area contributed by atoms with Crippen molar-refractivity contribution in [3.63, 3.8) is 0 Å². The Morgan fingerprint density at radius 1 is 1.23 bits per heavy atom. The first-order valence-corrected chi connectivity index (χ1v) is 10.9. The summed E-state index contributed by atoms with van der Waals surface area (Å²) >= 11 is 0. The molecule has 1 saturated heterocycles. The number of hydrogen-bond acceptors (Lipinski definition) is 7. The molecule has 1 aromatic carbocycles. The molecule has 1 fully saturated rings. The van der Waals surface area contributed by atoms with Crippen molar-refractivity contribution in [2.24, 2.45) is 0 Å². The van der Waals surface area contributed by atoms with E-state index in [0.29, 0.717) is 62.2 Å². The van der Waals surface area contributed by atoms with Crippen LogP contribution in [-0.4, -0.2) is 48.7 Å². The number of aromatic amines is 1. The molecule has 1 aromatic heterocycles. The van der Waals surface area contributed by atoms with Crippen LogP contribution >= 0.6 is 0 Å². The number of anilines is 2. The van der Waals surface area contributed by atoms with Crippen LogP contribution in [0.15, 0.2) is 40.3 Å². The molecule has 31 heavy (non-hydrogen) atoms. The van der Waals surface area contributed by atoms with Gasteiger partial charge in [-0.1, -0.05) is 12.1 Å². The van der Waals surface area contributed by atoms with Gasteiger partial charge in [-0.2, -0.15) is 4.98 Å². The molecule has 1 atom stereocenters. The van der Waals surface area contributed by atoms with Gasteiger partial charge in [-0.25, -0.2) is 0 Å². The van der Waals surface area contributed by atoms with Gasteiger partial charge in [0, 0.05) is 36.7 Å². The van der Waals surface area contributed by atoms with Gasteiger partial charge in [0.25, 0.3) is 5.56 Å². The summed E-state index contributed by atoms with van der Waals surface area (Å²) in [7, 11) is 0. The maximum Gasteiger partial charge on any atom is 0.258 e. The molecule has 2 aromatic rings. The Labute approximate surface area is 180 Å². The van der Waals surface area contributed by atoms with Gasteiger partial charge in [0.15, 0.2) is 5.78 Å². The summed E-state index contributed by atoms with van der Waals surface area (Å²) in [5.41, 5.74) is 2.68. The highest BCUT2D eigenvalue weighted by Gasteiger charge is 2.38. The van der Waals surface area contributed by atoms with Crippen LogP contribution in [0.1, 0.15) is 43.2 Å². The van der Waals surface area contributed by atoms with Crippen LogP contribution in [0.3, 0.4) is 0 Å². The van der Waals surface area contributed by atoms with Gasteiger partial charge in [0.05, 0.1) is 25.4 Å². The number of hydrogen-bond donors (Lipinski definition) is 2. The van der Waals surface area contributed by atoms with Crippen LogP contribution in [-0.2, 0) is 9.53 Å². The van der Waals surface area contributed by atoms with E-state index in [0.717, 1.165) is 29.9 Å². The van der Waals surface area contributed by atoms with Crippen molar-refractivity contribution in [3.8, 4) is 5.75 Å². The molecule has 8 nitrogen and oxygen atoms in total. The molecule has 3 heterocycles. The van der Waals surface area contributed by atoms with E-state index >= 15 is 0 Å². The predicted molar refractivity (Wildman–Crippen MR) is 117 cm³/mol. The summed E-state index contributed by atoms with van der Waals surface area (Å²) in [6, 6.07) is 7.66. The van der Waals surface area contributed by atoms with Gasteiger partial charge >= 0.3 is 0 Å². The van der Waals surface area contributed by atoms with Gasteiger partial charge in [0.2, 0.25) is 5.95 Å². The summed E-state index contributed by atoms with van der Waals surface area (Å²) in [6.07, 6.45) is 2.06. The molecule has 1 unspecified atom stereocenters. The van der Waals surface area contributed by atoms with Crippen molar-refractivity contribution in [3.05, 3.63) is 57.0 Å². The lowest BCUT2D eigenvalue weighted by molar-refractivity contribution is -0.116. The smallest absolute Gasteiger partial charge is 0.258 e. The number of carbonyl (C=O) groups is 1. The Kier molecular flexibility index (Phi) is 5.23. The zero-order valence-electron chi connectivity index (χ0n) is 17.6. The first kappa shape index (κ1) is 19.8.